The number of rotatable bonds is 3. The van der Waals surface area contributed by atoms with E-state index in [9.17, 15) is 0 Å². The second kappa shape index (κ2) is 19.1. The molecule has 0 aliphatic rings. The molecular formula is C43H52Cl2OSiZr-4. The van der Waals surface area contributed by atoms with Gasteiger partial charge >= 0.3 is 30.2 Å². The molecule has 0 atom stereocenters. The normalized spacial score (nSPS) is 10.5. The van der Waals surface area contributed by atoms with Gasteiger partial charge in [0.1, 0.15) is 5.75 Å². The topological polar surface area (TPSA) is 9.23 Å². The van der Waals surface area contributed by atoms with Gasteiger partial charge in [-0.15, -0.1) is 87.8 Å². The Labute approximate surface area is 320 Å². The van der Waals surface area contributed by atoms with Crippen LogP contribution in [-0.2, 0) is 34.2 Å². The molecule has 0 saturated carbocycles. The molecule has 1 nitrogen and oxygen atoms in total. The molecular weight excluding hydrogens is 723 g/mol. The fourth-order valence-electron chi connectivity index (χ4n) is 5.94. The number of hydrogen-bond acceptors (Lipinski definition) is 1. The first kappa shape index (κ1) is 45.6. The SMILES string of the molecule is COc1c(C(C)(C)C)cc2[cH-]c(C)cc2c1-c1ccccc1.Cc1cc2c(-c3ccc(C(C)(C)C)cc3)cccc2[cH-]1.Cl.Cl.[CH3-].[CH3-].[Si]=[Zr]. The molecule has 48 heavy (non-hydrogen) atoms. The van der Waals surface area contributed by atoms with E-state index in [-0.39, 0.29) is 50.5 Å². The number of hydrogen-bond donors (Lipinski definition) is 0. The van der Waals surface area contributed by atoms with Gasteiger partial charge in [0.2, 0.25) is 0 Å². The fraction of sp³-hybridized carbons (Fsp3) is 0.256. The molecule has 0 aromatic heterocycles. The number of methoxy groups -OCH3 is 1. The predicted molar refractivity (Wildman–Crippen MR) is 216 cm³/mol. The zero-order chi connectivity index (χ0) is 32.2. The quantitative estimate of drug-likeness (QED) is 0.129. The van der Waals surface area contributed by atoms with Crippen LogP contribution in [0.1, 0.15) is 63.8 Å². The number of benzene rings is 4. The van der Waals surface area contributed by atoms with Gasteiger partial charge < -0.3 is 19.6 Å². The minimum absolute atomic E-state index is 0. The van der Waals surface area contributed by atoms with Crippen LogP contribution in [0.2, 0.25) is 0 Å². The van der Waals surface area contributed by atoms with Crippen molar-refractivity contribution in [3.05, 3.63) is 140 Å². The van der Waals surface area contributed by atoms with Gasteiger partial charge in [-0.2, -0.15) is 12.1 Å². The van der Waals surface area contributed by atoms with Crippen LogP contribution in [0, 0.1) is 28.7 Å². The van der Waals surface area contributed by atoms with Gasteiger partial charge in [0.15, 0.2) is 0 Å². The maximum atomic E-state index is 5.87. The Morgan fingerprint density at radius 1 is 0.604 bits per heavy atom. The molecule has 5 heteroatoms. The summed E-state index contributed by atoms with van der Waals surface area (Å²) in [7, 11) is 1.78. The van der Waals surface area contributed by atoms with Crippen molar-refractivity contribution in [2.75, 3.05) is 7.11 Å². The van der Waals surface area contributed by atoms with Crippen LogP contribution in [0.25, 0.3) is 43.8 Å². The summed E-state index contributed by atoms with van der Waals surface area (Å²) in [6, 6.07) is 37.4. The van der Waals surface area contributed by atoms with Gasteiger partial charge in [-0.25, -0.2) is 0 Å². The number of ether oxygens (including phenoxy) is 1. The van der Waals surface area contributed by atoms with Gasteiger partial charge in [0, 0.05) is 0 Å². The van der Waals surface area contributed by atoms with Crippen molar-refractivity contribution in [1.82, 2.24) is 0 Å². The summed E-state index contributed by atoms with van der Waals surface area (Å²) in [5, 5.41) is 5.25. The van der Waals surface area contributed by atoms with Crippen LogP contribution < -0.4 is 4.74 Å². The summed E-state index contributed by atoms with van der Waals surface area (Å²) in [5.41, 5.74) is 10.6. The third-order valence-electron chi connectivity index (χ3n) is 8.14. The molecule has 6 aromatic carbocycles. The Balaban J connectivity index is 0.000000813. The molecule has 0 heterocycles. The fourth-order valence-corrected chi connectivity index (χ4v) is 5.94. The molecule has 6 aromatic rings. The zero-order valence-electron chi connectivity index (χ0n) is 30.5. The van der Waals surface area contributed by atoms with Crippen LogP contribution in [0.15, 0.2) is 103 Å². The third kappa shape index (κ3) is 10.3. The van der Waals surface area contributed by atoms with Crippen molar-refractivity contribution in [2.24, 2.45) is 0 Å². The van der Waals surface area contributed by atoms with Crippen molar-refractivity contribution < 1.29 is 28.1 Å². The molecule has 0 N–H and O–H groups in total. The summed E-state index contributed by atoms with van der Waals surface area (Å²) in [6.45, 7) is 20.8. The van der Waals surface area contributed by atoms with Crippen LogP contribution in [-0.4, -0.2) is 14.0 Å². The number of halogens is 2. The molecule has 0 spiro atoms. The van der Waals surface area contributed by atoms with Crippen molar-refractivity contribution >= 4 is 53.2 Å². The molecule has 0 unspecified atom stereocenters. The molecule has 0 fully saturated rings. The van der Waals surface area contributed by atoms with Crippen LogP contribution in [0.3, 0.4) is 0 Å². The van der Waals surface area contributed by atoms with E-state index in [1.54, 1.807) is 7.11 Å². The van der Waals surface area contributed by atoms with E-state index >= 15 is 0 Å². The van der Waals surface area contributed by atoms with E-state index in [0.29, 0.717) is 0 Å². The minimum atomic E-state index is 0. The third-order valence-corrected chi connectivity index (χ3v) is 8.14. The van der Waals surface area contributed by atoms with E-state index in [1.165, 1.54) is 89.4 Å². The molecule has 256 valence electrons. The molecule has 0 saturated heterocycles. The summed E-state index contributed by atoms with van der Waals surface area (Å²) >= 11 is 1.36. The maximum absolute atomic E-state index is 5.87. The first-order valence-corrected chi connectivity index (χ1v) is 19.4. The zero-order valence-corrected chi connectivity index (χ0v) is 35.6. The van der Waals surface area contributed by atoms with Crippen molar-refractivity contribution in [2.45, 2.75) is 66.2 Å². The van der Waals surface area contributed by atoms with E-state index in [2.05, 4.69) is 165 Å². The summed E-state index contributed by atoms with van der Waals surface area (Å²) < 4.78 is 5.87. The Morgan fingerprint density at radius 3 is 1.67 bits per heavy atom. The van der Waals surface area contributed by atoms with Crippen molar-refractivity contribution in [1.29, 1.82) is 0 Å². The van der Waals surface area contributed by atoms with Gasteiger partial charge in [0.25, 0.3) is 0 Å². The summed E-state index contributed by atoms with van der Waals surface area (Å²) in [5.74, 6) is 0.997. The molecule has 0 aliphatic heterocycles. The second-order valence-corrected chi connectivity index (χ2v) is 13.7. The Kier molecular flexibility index (Phi) is 18.1. The standard InChI is InChI=1S/C21H23O.C20H21.2CH3.2ClH.Si.Zr/c1-14-11-16-13-18(21(2,3)4)20(22-5)19(17(16)12-14)15-9-7-6-8-10-15;1-14-12-16-6-5-7-18(19(16)13-14)15-8-10-17(11-9-15)20(2,3)4;;;;;;/h6-13H,1-5H3;5-13H,1-4H3;2*1H3;2*1H;;/q4*-1;;;;. The van der Waals surface area contributed by atoms with Crippen LogP contribution >= 0.6 is 24.8 Å². The van der Waals surface area contributed by atoms with Gasteiger partial charge in [0.05, 0.1) is 7.11 Å². The first-order valence-electron chi connectivity index (χ1n) is 15.2. The Morgan fingerprint density at radius 2 is 1.15 bits per heavy atom. The van der Waals surface area contributed by atoms with Crippen molar-refractivity contribution in [3.8, 4) is 28.0 Å². The van der Waals surface area contributed by atoms with Crippen molar-refractivity contribution in [3.63, 3.8) is 0 Å². The average Bonchev–Trinajstić information content (AvgIpc) is 3.57. The Hall–Kier alpha value is -2.42. The monoisotopic (exact) mass is 772 g/mol. The van der Waals surface area contributed by atoms with E-state index in [1.807, 2.05) is 0 Å². The molecule has 6 rings (SSSR count). The number of fused-ring (bicyclic) bond motifs is 2. The van der Waals surface area contributed by atoms with Gasteiger partial charge in [-0.1, -0.05) is 122 Å². The van der Waals surface area contributed by atoms with E-state index in [0.717, 1.165) is 5.75 Å². The number of aryl methyl sites for hydroxylation is 2. The summed E-state index contributed by atoms with van der Waals surface area (Å²) in [6.07, 6.45) is 0. The molecule has 0 aliphatic carbocycles. The van der Waals surface area contributed by atoms with E-state index < -0.39 is 0 Å². The van der Waals surface area contributed by atoms with E-state index in [4.69, 9.17) is 4.74 Å². The summed E-state index contributed by atoms with van der Waals surface area (Å²) in [4.78, 5) is 0. The van der Waals surface area contributed by atoms with Crippen LogP contribution in [0.5, 0.6) is 5.75 Å². The molecule has 0 bridgehead atoms. The molecule has 2 radical (unpaired) electrons. The molecule has 0 amide bonds. The average molecular weight is 775 g/mol. The van der Waals surface area contributed by atoms with Gasteiger partial charge in [-0.05, 0) is 38.6 Å². The van der Waals surface area contributed by atoms with Gasteiger partial charge in [-0.3, -0.25) is 0 Å². The van der Waals surface area contributed by atoms with Crippen LogP contribution in [0.4, 0.5) is 0 Å². The predicted octanol–water partition coefficient (Wildman–Crippen LogP) is 13.0. The first-order chi connectivity index (χ1) is 20.9. The Bertz CT molecular complexity index is 1850. The second-order valence-electron chi connectivity index (χ2n) is 13.7.